The van der Waals surface area contributed by atoms with Gasteiger partial charge in [0.05, 0.1) is 6.61 Å². The largest absolute Gasteiger partial charge is 0.799 e. The number of rotatable bonds is 6. The molecule has 0 bridgehead atoms. The van der Waals surface area contributed by atoms with Crippen molar-refractivity contribution in [2.75, 3.05) is 6.61 Å². The molecule has 12 heteroatoms. The monoisotopic (exact) mass is 332 g/mol. The molecule has 1 aromatic rings. The zero-order valence-electron chi connectivity index (χ0n) is 11.6. The molecule has 20 heavy (non-hydrogen) atoms. The van der Waals surface area contributed by atoms with Crippen molar-refractivity contribution in [3.63, 3.8) is 0 Å². The first-order chi connectivity index (χ1) is 7.79. The quantitative estimate of drug-likeness (QED) is 0.529. The molecule has 10 nitrogen and oxygen atoms in total. The van der Waals surface area contributed by atoms with E-state index < -0.39 is 15.5 Å². The summed E-state index contributed by atoms with van der Waals surface area (Å²) in [5.41, 5.74) is 0.833. The van der Waals surface area contributed by atoms with E-state index in [0.29, 0.717) is 0 Å². The Hall–Kier alpha value is -0.640. The maximum absolute atomic E-state index is 11.0. The van der Waals surface area contributed by atoms with Crippen LogP contribution in [0, 0.1) is 0 Å². The highest BCUT2D eigenvalue weighted by atomic mass is 31.3. The molecule has 0 aliphatic carbocycles. The van der Waals surface area contributed by atoms with E-state index in [9.17, 15) is 23.8 Å². The summed E-state index contributed by atoms with van der Waals surface area (Å²) in [4.78, 5) is 32.2. The van der Waals surface area contributed by atoms with E-state index in [-0.39, 0.29) is 31.5 Å². The van der Waals surface area contributed by atoms with Crippen LogP contribution in [0.3, 0.4) is 0 Å². The van der Waals surface area contributed by atoms with Crippen LogP contribution in [-0.4, -0.2) is 6.61 Å². The smallest absolute Gasteiger partial charge is 0.208 e. The van der Waals surface area contributed by atoms with Gasteiger partial charge in [0.25, 0.3) is 0 Å². The zero-order valence-corrected chi connectivity index (χ0v) is 13.4. The summed E-state index contributed by atoms with van der Waals surface area (Å²) in [6.45, 7) is -0.238. The van der Waals surface area contributed by atoms with Gasteiger partial charge in [-0.2, -0.15) is 0 Å². The second kappa shape index (κ2) is 10.1. The molecule has 13 N–H and O–H groups in total. The predicted octanol–water partition coefficient (Wildman–Crippen LogP) is 0.261. The summed E-state index contributed by atoms with van der Waals surface area (Å²) in [5.74, 6) is 0. The van der Waals surface area contributed by atoms with Crippen LogP contribution in [0.25, 0.3) is 0 Å². The van der Waals surface area contributed by atoms with Crippen LogP contribution >= 0.6 is 15.5 Å². The first-order valence-electron chi connectivity index (χ1n) is 4.60. The van der Waals surface area contributed by atoms with E-state index in [0.717, 1.165) is 10.4 Å². The minimum Gasteiger partial charge on any atom is -0.799 e. The van der Waals surface area contributed by atoms with Crippen molar-refractivity contribution in [2.24, 2.45) is 0 Å². The van der Waals surface area contributed by atoms with Crippen molar-refractivity contribution >= 4 is 15.5 Å². The third-order valence-electron chi connectivity index (χ3n) is 1.74. The van der Waals surface area contributed by atoms with Crippen LogP contribution in [0.5, 0.6) is 0 Å². The first-order valence-corrected chi connectivity index (χ1v) is 7.68. The molecule has 1 atom stereocenters. The van der Waals surface area contributed by atoms with Gasteiger partial charge in [-0.1, -0.05) is 30.3 Å². The lowest BCUT2D eigenvalue weighted by atomic mass is 10.2. The molecule has 0 fully saturated rings. The van der Waals surface area contributed by atoms with E-state index >= 15 is 0 Å². The van der Waals surface area contributed by atoms with Gasteiger partial charge in [0, 0.05) is 7.75 Å². The van der Waals surface area contributed by atoms with Crippen molar-refractivity contribution < 1.29 is 28.3 Å². The predicted molar refractivity (Wildman–Crippen MR) is 72.4 cm³/mol. The van der Waals surface area contributed by atoms with E-state index in [1.54, 1.807) is 30.3 Å². The Bertz CT molecular complexity index is 454. The number of nitrogens with one attached hydrogen (secondary N) is 1. The summed E-state index contributed by atoms with van der Waals surface area (Å²) in [7, 11) is -10.2. The highest BCUT2D eigenvalue weighted by molar-refractivity contribution is 7.64. The lowest BCUT2D eigenvalue weighted by Gasteiger charge is -2.36. The molecule has 0 aromatic heterocycles. The normalized spacial score (nSPS) is 13.2. The zero-order chi connectivity index (χ0) is 12.9. The Kier molecular flexibility index (Phi) is 12.4. The molecule has 0 radical (unpaired) electrons. The highest BCUT2D eigenvalue weighted by Crippen LogP contribution is 2.40. The summed E-state index contributed by atoms with van der Waals surface area (Å²) < 4.78 is 25.5. The standard InChI is InChI=1S/C8H13NO6P2.3H3N/c10-16(11,12)9-17(13,14)15-7-6-8-4-2-1-3-5-8;;;/h1-5H,6-7H2,(H4,9,10,11,12,13,14);3*1H3. The minimum atomic E-state index is -5.35. The average Bonchev–Trinajstić information content (AvgIpc) is 2.15. The van der Waals surface area contributed by atoms with Crippen LogP contribution in [-0.2, 0) is 20.1 Å². The van der Waals surface area contributed by atoms with E-state index in [4.69, 9.17) is 0 Å². The fraction of sp³-hybridized carbons (Fsp3) is 0.250. The molecule has 0 spiro atoms. The molecule has 1 rings (SSSR count). The molecule has 0 amide bonds. The van der Waals surface area contributed by atoms with E-state index in [1.807, 2.05) is 0 Å². The highest BCUT2D eigenvalue weighted by Gasteiger charge is 2.09. The Morgan fingerprint density at radius 3 is 1.95 bits per heavy atom. The maximum Gasteiger partial charge on any atom is 0.208 e. The minimum absolute atomic E-state index is 0. The van der Waals surface area contributed by atoms with Gasteiger partial charge in [-0.25, -0.2) is 4.86 Å². The number of quaternary nitrogens is 3. The van der Waals surface area contributed by atoms with Crippen molar-refractivity contribution in [3.8, 4) is 0 Å². The average molecular weight is 332 g/mol. The van der Waals surface area contributed by atoms with Crippen molar-refractivity contribution in [1.29, 1.82) is 0 Å². The second-order valence-corrected chi connectivity index (χ2v) is 6.21. The number of hydrogen-bond acceptors (Lipinski definition) is 6. The van der Waals surface area contributed by atoms with Gasteiger partial charge in [0.15, 0.2) is 0 Å². The Morgan fingerprint density at radius 1 is 1.00 bits per heavy atom. The van der Waals surface area contributed by atoms with Gasteiger partial charge in [-0.3, -0.25) is 4.57 Å². The lowest BCUT2D eigenvalue weighted by molar-refractivity contribution is -0.317. The lowest BCUT2D eigenvalue weighted by Crippen LogP contribution is -2.30. The molecular weight excluding hydrogens is 310 g/mol. The van der Waals surface area contributed by atoms with Gasteiger partial charge in [0.2, 0.25) is 7.75 Å². The summed E-state index contributed by atoms with van der Waals surface area (Å²) in [6, 6.07) is 8.87. The van der Waals surface area contributed by atoms with Crippen LogP contribution in [0.15, 0.2) is 30.3 Å². The molecule has 0 saturated carbocycles. The molecule has 1 unspecified atom stereocenters. The fourth-order valence-electron chi connectivity index (χ4n) is 1.11. The van der Waals surface area contributed by atoms with Crippen LogP contribution in [0.2, 0.25) is 0 Å². The van der Waals surface area contributed by atoms with Crippen LogP contribution in [0.4, 0.5) is 0 Å². The molecule has 0 saturated heterocycles. The van der Waals surface area contributed by atoms with Gasteiger partial charge in [-0.15, -0.1) is 0 Å². The summed E-state index contributed by atoms with van der Waals surface area (Å²) in [5, 5.41) is 0. The van der Waals surface area contributed by atoms with Crippen molar-refractivity contribution in [3.05, 3.63) is 35.9 Å². The molecule has 0 heterocycles. The Balaban J connectivity index is -0.000000963. The molecule has 0 aliphatic rings. The summed E-state index contributed by atoms with van der Waals surface area (Å²) in [6.07, 6.45) is 0.288. The van der Waals surface area contributed by atoms with Gasteiger partial charge < -0.3 is 42.2 Å². The topological polar surface area (TPSA) is 234 Å². The summed E-state index contributed by atoms with van der Waals surface area (Å²) >= 11 is 0. The van der Waals surface area contributed by atoms with E-state index in [2.05, 4.69) is 4.52 Å². The number of benzene rings is 1. The molecule has 0 aliphatic heterocycles. The SMILES string of the molecule is O=P([O-])([O-])NP(=O)([O-])OCCc1ccccc1.[NH4+].[NH4+].[NH4+]. The third-order valence-corrected chi connectivity index (χ3v) is 4.22. The van der Waals surface area contributed by atoms with E-state index in [1.165, 1.54) is 0 Å². The number of hydrogen-bond donors (Lipinski definition) is 4. The fourth-order valence-corrected chi connectivity index (χ4v) is 2.87. The van der Waals surface area contributed by atoms with Crippen LogP contribution in [0.1, 0.15) is 5.56 Å². The van der Waals surface area contributed by atoms with Crippen molar-refractivity contribution in [1.82, 2.24) is 23.3 Å². The van der Waals surface area contributed by atoms with Crippen molar-refractivity contribution in [2.45, 2.75) is 6.42 Å². The molecule has 1 aromatic carbocycles. The molecular formula is C8H22N4O6P2. The Morgan fingerprint density at radius 2 is 1.50 bits per heavy atom. The second-order valence-electron chi connectivity index (χ2n) is 3.16. The van der Waals surface area contributed by atoms with Gasteiger partial charge in [0.1, 0.15) is 0 Å². The van der Waals surface area contributed by atoms with Gasteiger partial charge >= 0.3 is 0 Å². The molecule has 120 valence electrons. The van der Waals surface area contributed by atoms with Crippen LogP contribution < -0.4 is 38.0 Å². The Labute approximate surface area is 117 Å². The third kappa shape index (κ3) is 11.2. The first kappa shape index (κ1) is 24.4. The maximum atomic E-state index is 11.0. The van der Waals surface area contributed by atoms with Gasteiger partial charge in [-0.05, 0) is 12.0 Å².